The third-order valence-electron chi connectivity index (χ3n) is 5.34. The number of H-pyrrole nitrogens is 1. The molecule has 0 aliphatic carbocycles. The predicted octanol–water partition coefficient (Wildman–Crippen LogP) is 1.53. The number of hydrogen-bond acceptors (Lipinski definition) is 5. The summed E-state index contributed by atoms with van der Waals surface area (Å²) in [5.74, 6) is 0.620. The van der Waals surface area contributed by atoms with Gasteiger partial charge in [0.05, 0.1) is 25.1 Å². The summed E-state index contributed by atoms with van der Waals surface area (Å²) in [6, 6.07) is 5.96. The topological polar surface area (TPSA) is 57.3 Å². The Balaban J connectivity index is 1.23. The van der Waals surface area contributed by atoms with Crippen LogP contribution in [0.25, 0.3) is 0 Å². The summed E-state index contributed by atoms with van der Waals surface area (Å²) in [5.41, 5.74) is 2.62. The van der Waals surface area contributed by atoms with E-state index in [1.165, 1.54) is 12.0 Å². The first kappa shape index (κ1) is 15.7. The van der Waals surface area contributed by atoms with Gasteiger partial charge in [0.2, 0.25) is 0 Å². The minimum Gasteiger partial charge on any atom is -0.375 e. The molecule has 0 bridgehead atoms. The van der Waals surface area contributed by atoms with E-state index < -0.39 is 0 Å². The molecule has 4 rings (SSSR count). The van der Waals surface area contributed by atoms with Crippen LogP contribution in [-0.4, -0.2) is 63.8 Å². The lowest BCUT2D eigenvalue weighted by Crippen LogP contribution is -2.66. The Kier molecular flexibility index (Phi) is 4.35. The number of ether oxygens (including phenoxy) is 1. The lowest BCUT2D eigenvalue weighted by Gasteiger charge is -2.52. The molecular formula is C18H25N5O. The molecule has 6 heteroatoms. The molecule has 0 amide bonds. The van der Waals surface area contributed by atoms with E-state index in [0.717, 1.165) is 38.5 Å². The molecular weight excluding hydrogens is 302 g/mol. The zero-order chi connectivity index (χ0) is 16.4. The molecule has 2 fully saturated rings. The Morgan fingerprint density at radius 2 is 2.29 bits per heavy atom. The highest BCUT2D eigenvalue weighted by Gasteiger charge is 2.51. The Bertz CT molecular complexity index is 639. The van der Waals surface area contributed by atoms with Gasteiger partial charge in [-0.05, 0) is 31.5 Å². The zero-order valence-corrected chi connectivity index (χ0v) is 14.2. The van der Waals surface area contributed by atoms with Gasteiger partial charge in [-0.25, -0.2) is 0 Å². The SMILES string of the molecule is CN1C[C@@H](COCc2ccccn2)CC12CN(Cc1cn[nH]c1)C2. The van der Waals surface area contributed by atoms with Gasteiger partial charge in [0.25, 0.3) is 0 Å². The lowest BCUT2D eigenvalue weighted by atomic mass is 9.84. The van der Waals surface area contributed by atoms with Crippen molar-refractivity contribution in [1.29, 1.82) is 0 Å². The molecule has 1 N–H and O–H groups in total. The number of likely N-dealkylation sites (N-methyl/N-ethyl adjacent to an activating group) is 1. The largest absolute Gasteiger partial charge is 0.375 e. The zero-order valence-electron chi connectivity index (χ0n) is 14.2. The highest BCUT2D eigenvalue weighted by molar-refractivity contribution is 5.12. The summed E-state index contributed by atoms with van der Waals surface area (Å²) in [6.45, 7) is 5.84. The van der Waals surface area contributed by atoms with Crippen LogP contribution in [0, 0.1) is 5.92 Å². The summed E-state index contributed by atoms with van der Waals surface area (Å²) in [7, 11) is 2.26. The minimum atomic E-state index is 0.350. The fourth-order valence-electron chi connectivity index (χ4n) is 4.15. The van der Waals surface area contributed by atoms with Gasteiger partial charge >= 0.3 is 0 Å². The summed E-state index contributed by atoms with van der Waals surface area (Å²) in [4.78, 5) is 9.34. The second kappa shape index (κ2) is 6.63. The van der Waals surface area contributed by atoms with Gasteiger partial charge in [-0.2, -0.15) is 5.10 Å². The molecule has 6 nitrogen and oxygen atoms in total. The van der Waals surface area contributed by atoms with E-state index in [2.05, 4.69) is 32.0 Å². The van der Waals surface area contributed by atoms with Crippen molar-refractivity contribution >= 4 is 0 Å². The molecule has 0 saturated carbocycles. The molecule has 2 aliphatic rings. The smallest absolute Gasteiger partial charge is 0.0887 e. The maximum absolute atomic E-state index is 5.91. The monoisotopic (exact) mass is 327 g/mol. The average Bonchev–Trinajstić information content (AvgIpc) is 3.17. The Morgan fingerprint density at radius 3 is 3.04 bits per heavy atom. The molecule has 0 aromatic carbocycles. The van der Waals surface area contributed by atoms with E-state index in [1.54, 1.807) is 0 Å². The molecule has 1 atom stereocenters. The number of likely N-dealkylation sites (tertiary alicyclic amines) is 2. The maximum atomic E-state index is 5.91. The highest BCUT2D eigenvalue weighted by atomic mass is 16.5. The van der Waals surface area contributed by atoms with Crippen molar-refractivity contribution in [2.45, 2.75) is 25.1 Å². The summed E-state index contributed by atoms with van der Waals surface area (Å²) in [5, 5.41) is 6.91. The summed E-state index contributed by atoms with van der Waals surface area (Å²) in [6.07, 6.45) is 6.95. The van der Waals surface area contributed by atoms with Crippen molar-refractivity contribution < 1.29 is 4.74 Å². The molecule has 2 aromatic rings. The van der Waals surface area contributed by atoms with Gasteiger partial charge < -0.3 is 4.74 Å². The average molecular weight is 327 g/mol. The second-order valence-corrected chi connectivity index (χ2v) is 7.26. The second-order valence-electron chi connectivity index (χ2n) is 7.26. The van der Waals surface area contributed by atoms with Gasteiger partial charge in [-0.15, -0.1) is 0 Å². The molecule has 128 valence electrons. The van der Waals surface area contributed by atoms with Gasteiger partial charge in [0, 0.05) is 49.7 Å². The van der Waals surface area contributed by atoms with E-state index in [9.17, 15) is 0 Å². The van der Waals surface area contributed by atoms with Crippen molar-refractivity contribution in [2.75, 3.05) is 33.3 Å². The first-order chi connectivity index (χ1) is 11.7. The Hall–Kier alpha value is -1.76. The molecule has 1 spiro atoms. The van der Waals surface area contributed by atoms with E-state index >= 15 is 0 Å². The van der Waals surface area contributed by atoms with Crippen LogP contribution in [0.5, 0.6) is 0 Å². The van der Waals surface area contributed by atoms with Crippen LogP contribution < -0.4 is 0 Å². The first-order valence-electron chi connectivity index (χ1n) is 8.62. The maximum Gasteiger partial charge on any atom is 0.0887 e. The van der Waals surface area contributed by atoms with Crippen molar-refractivity contribution in [1.82, 2.24) is 25.0 Å². The third kappa shape index (κ3) is 3.22. The number of pyridine rings is 1. The van der Waals surface area contributed by atoms with Crippen molar-refractivity contribution in [3.63, 3.8) is 0 Å². The van der Waals surface area contributed by atoms with Crippen LogP contribution in [0.3, 0.4) is 0 Å². The van der Waals surface area contributed by atoms with Crippen molar-refractivity contribution in [3.05, 3.63) is 48.0 Å². The Labute approximate surface area is 142 Å². The number of aromatic amines is 1. The highest BCUT2D eigenvalue weighted by Crippen LogP contribution is 2.39. The third-order valence-corrected chi connectivity index (χ3v) is 5.34. The van der Waals surface area contributed by atoms with E-state index in [1.807, 2.05) is 36.8 Å². The van der Waals surface area contributed by atoms with Gasteiger partial charge in [0.1, 0.15) is 0 Å². The van der Waals surface area contributed by atoms with Crippen molar-refractivity contribution in [3.8, 4) is 0 Å². The molecule has 2 aromatic heterocycles. The molecule has 2 aliphatic heterocycles. The van der Waals surface area contributed by atoms with Crippen LogP contribution in [0.4, 0.5) is 0 Å². The fourth-order valence-corrected chi connectivity index (χ4v) is 4.15. The number of rotatable bonds is 6. The van der Waals surface area contributed by atoms with Gasteiger partial charge in [-0.1, -0.05) is 6.07 Å². The molecule has 24 heavy (non-hydrogen) atoms. The van der Waals surface area contributed by atoms with Gasteiger partial charge in [0.15, 0.2) is 0 Å². The van der Waals surface area contributed by atoms with E-state index in [-0.39, 0.29) is 0 Å². The number of nitrogens with zero attached hydrogens (tertiary/aromatic N) is 4. The van der Waals surface area contributed by atoms with Crippen LogP contribution in [0.2, 0.25) is 0 Å². The molecule has 0 unspecified atom stereocenters. The van der Waals surface area contributed by atoms with Crippen molar-refractivity contribution in [2.24, 2.45) is 5.92 Å². The quantitative estimate of drug-likeness (QED) is 0.872. The normalized spacial score (nSPS) is 23.6. The minimum absolute atomic E-state index is 0.350. The number of hydrogen-bond donors (Lipinski definition) is 1. The lowest BCUT2D eigenvalue weighted by molar-refractivity contribution is -0.0226. The van der Waals surface area contributed by atoms with Crippen LogP contribution in [0.15, 0.2) is 36.8 Å². The fraction of sp³-hybridized carbons (Fsp3) is 0.556. The Morgan fingerprint density at radius 1 is 1.38 bits per heavy atom. The molecule has 4 heterocycles. The van der Waals surface area contributed by atoms with Crippen LogP contribution in [0.1, 0.15) is 17.7 Å². The van der Waals surface area contributed by atoms with Crippen LogP contribution in [-0.2, 0) is 17.9 Å². The van der Waals surface area contributed by atoms with E-state index in [0.29, 0.717) is 18.1 Å². The summed E-state index contributed by atoms with van der Waals surface area (Å²) >= 11 is 0. The summed E-state index contributed by atoms with van der Waals surface area (Å²) < 4.78 is 5.91. The molecule has 0 radical (unpaired) electrons. The first-order valence-corrected chi connectivity index (χ1v) is 8.62. The van der Waals surface area contributed by atoms with Crippen LogP contribution >= 0.6 is 0 Å². The number of nitrogens with one attached hydrogen (secondary N) is 1. The van der Waals surface area contributed by atoms with E-state index in [4.69, 9.17) is 4.74 Å². The van der Waals surface area contributed by atoms with Gasteiger partial charge in [-0.3, -0.25) is 19.9 Å². The standard InChI is InChI=1S/C18H25N5O/c1-22-9-15(11-24-12-17-4-2-3-5-19-17)6-18(22)13-23(14-18)10-16-7-20-21-8-16/h2-5,7-8,15H,6,9-14H2,1H3,(H,20,21)/t15-/m0/s1. The number of aromatic nitrogens is 3. The predicted molar refractivity (Wildman–Crippen MR) is 91.2 cm³/mol. The molecule has 2 saturated heterocycles.